The summed E-state index contributed by atoms with van der Waals surface area (Å²) in [7, 11) is 1.51. The summed E-state index contributed by atoms with van der Waals surface area (Å²) in [6, 6.07) is 14.5. The Kier molecular flexibility index (Phi) is 5.96. The van der Waals surface area contributed by atoms with E-state index in [1.54, 1.807) is 48.5 Å². The smallest absolute Gasteiger partial charge is 0.305 e. The molecule has 3 aromatic rings. The number of methoxy groups -OCH3 is 1. The topological polar surface area (TPSA) is 102 Å². The molecule has 0 radical (unpaired) electrons. The first-order valence-electron chi connectivity index (χ1n) is 8.36. The van der Waals surface area contributed by atoms with Crippen LogP contribution in [-0.2, 0) is 4.79 Å². The number of hydrogen-bond donors (Lipinski definition) is 2. The van der Waals surface area contributed by atoms with Crippen LogP contribution in [0.15, 0.2) is 59.1 Å². The van der Waals surface area contributed by atoms with Gasteiger partial charge < -0.3 is 19.7 Å². The van der Waals surface area contributed by atoms with Gasteiger partial charge in [0.15, 0.2) is 11.5 Å². The van der Waals surface area contributed by atoms with E-state index in [1.807, 2.05) is 0 Å². The van der Waals surface area contributed by atoms with E-state index < -0.39 is 17.9 Å². The molecule has 144 valence electrons. The van der Waals surface area contributed by atoms with Gasteiger partial charge in [-0.15, -0.1) is 0 Å². The molecule has 0 aliphatic rings. The molecule has 1 heterocycles. The highest BCUT2D eigenvalue weighted by atomic mass is 35.5. The number of ether oxygens (including phenoxy) is 1. The monoisotopic (exact) mass is 400 g/mol. The number of aromatic nitrogens is 1. The Bertz CT molecular complexity index is 1000. The van der Waals surface area contributed by atoms with Crippen molar-refractivity contribution >= 4 is 23.5 Å². The van der Waals surface area contributed by atoms with Crippen molar-refractivity contribution in [3.63, 3.8) is 0 Å². The molecule has 0 fully saturated rings. The van der Waals surface area contributed by atoms with E-state index in [4.69, 9.17) is 20.9 Å². The lowest BCUT2D eigenvalue weighted by Gasteiger charge is -2.17. The van der Waals surface area contributed by atoms with Crippen LogP contribution in [-0.4, -0.2) is 29.2 Å². The van der Waals surface area contributed by atoms with E-state index in [0.29, 0.717) is 27.7 Å². The van der Waals surface area contributed by atoms with Gasteiger partial charge in [0, 0.05) is 11.6 Å². The summed E-state index contributed by atoms with van der Waals surface area (Å²) in [5.74, 6) is -0.711. The molecule has 2 N–H and O–H groups in total. The van der Waals surface area contributed by atoms with Crippen molar-refractivity contribution in [2.45, 2.75) is 12.5 Å². The van der Waals surface area contributed by atoms with Gasteiger partial charge in [-0.05, 0) is 29.8 Å². The van der Waals surface area contributed by atoms with Crippen molar-refractivity contribution in [1.29, 1.82) is 0 Å². The summed E-state index contributed by atoms with van der Waals surface area (Å²) < 4.78 is 10.4. The van der Waals surface area contributed by atoms with Gasteiger partial charge >= 0.3 is 5.97 Å². The van der Waals surface area contributed by atoms with Crippen LogP contribution in [0.2, 0.25) is 5.02 Å². The number of nitrogens with one attached hydrogen (secondary N) is 1. The van der Waals surface area contributed by atoms with Crippen molar-refractivity contribution in [2.24, 2.45) is 0 Å². The molecule has 0 bridgehead atoms. The van der Waals surface area contributed by atoms with Gasteiger partial charge in [0.1, 0.15) is 5.75 Å². The summed E-state index contributed by atoms with van der Waals surface area (Å²) in [6.07, 6.45) is -0.297. The second-order valence-corrected chi connectivity index (χ2v) is 6.36. The van der Waals surface area contributed by atoms with Gasteiger partial charge in [-0.1, -0.05) is 41.0 Å². The van der Waals surface area contributed by atoms with Gasteiger partial charge in [0.25, 0.3) is 5.91 Å². The Hall–Kier alpha value is -3.32. The zero-order valence-electron chi connectivity index (χ0n) is 14.9. The number of nitrogens with zero attached hydrogens (tertiary/aromatic N) is 1. The quantitative estimate of drug-likeness (QED) is 0.622. The van der Waals surface area contributed by atoms with Crippen LogP contribution in [0.1, 0.15) is 28.5 Å². The molecule has 8 heteroatoms. The number of rotatable bonds is 7. The molecule has 0 spiro atoms. The number of carboxylic acid groups (broad SMARTS) is 1. The highest BCUT2D eigenvalue weighted by molar-refractivity contribution is 6.33. The molecule has 0 aliphatic carbocycles. The molecular formula is C20H17ClN2O5. The fourth-order valence-corrected chi connectivity index (χ4v) is 2.92. The van der Waals surface area contributed by atoms with Gasteiger partial charge in [0.2, 0.25) is 0 Å². The van der Waals surface area contributed by atoms with Gasteiger partial charge in [0.05, 0.1) is 24.6 Å². The van der Waals surface area contributed by atoms with Gasteiger partial charge in [-0.3, -0.25) is 9.59 Å². The number of halogens is 1. The largest absolute Gasteiger partial charge is 0.497 e. The maximum atomic E-state index is 12.6. The summed E-state index contributed by atoms with van der Waals surface area (Å²) in [5, 5.41) is 16.1. The molecule has 7 nitrogen and oxygen atoms in total. The average Bonchev–Trinajstić information content (AvgIpc) is 3.17. The minimum absolute atomic E-state index is 0.0215. The van der Waals surface area contributed by atoms with Crippen molar-refractivity contribution < 1.29 is 24.0 Å². The standard InChI is InChI=1S/C20H17ClN2O5/c1-27-13-6-4-5-12(9-13)16(11-19(24)25)22-20(26)17-10-18(28-23-17)14-7-2-3-8-15(14)21/h2-10,16H,11H2,1H3,(H,22,26)(H,24,25). The van der Waals surface area contributed by atoms with Crippen molar-refractivity contribution in [3.8, 4) is 17.1 Å². The number of carbonyl (C=O) groups excluding carboxylic acids is 1. The third-order valence-corrected chi connectivity index (χ3v) is 4.39. The van der Waals surface area contributed by atoms with Crippen LogP contribution in [0.25, 0.3) is 11.3 Å². The van der Waals surface area contributed by atoms with Crippen LogP contribution < -0.4 is 10.1 Å². The lowest BCUT2D eigenvalue weighted by molar-refractivity contribution is -0.137. The third kappa shape index (κ3) is 4.50. The Balaban J connectivity index is 1.82. The second-order valence-electron chi connectivity index (χ2n) is 5.96. The van der Waals surface area contributed by atoms with E-state index in [0.717, 1.165) is 0 Å². The zero-order valence-corrected chi connectivity index (χ0v) is 15.6. The van der Waals surface area contributed by atoms with E-state index in [2.05, 4.69) is 10.5 Å². The van der Waals surface area contributed by atoms with Crippen LogP contribution in [0.3, 0.4) is 0 Å². The first kappa shape index (κ1) is 19.4. The SMILES string of the molecule is COc1cccc(C(CC(=O)O)NC(=O)c2cc(-c3ccccc3Cl)on2)c1. The molecule has 0 saturated heterocycles. The van der Waals surface area contributed by atoms with Crippen molar-refractivity contribution in [3.05, 3.63) is 70.9 Å². The normalized spacial score (nSPS) is 11.6. The van der Waals surface area contributed by atoms with E-state index >= 15 is 0 Å². The Morgan fingerprint density at radius 2 is 2.00 bits per heavy atom. The maximum absolute atomic E-state index is 12.6. The lowest BCUT2D eigenvalue weighted by atomic mass is 10.0. The molecule has 28 heavy (non-hydrogen) atoms. The predicted molar refractivity (Wildman–Crippen MR) is 102 cm³/mol. The number of hydrogen-bond acceptors (Lipinski definition) is 5. The maximum Gasteiger partial charge on any atom is 0.305 e. The Labute approximate surface area is 165 Å². The number of carbonyl (C=O) groups is 2. The molecule has 2 aromatic carbocycles. The van der Waals surface area contributed by atoms with Gasteiger partial charge in [-0.2, -0.15) is 0 Å². The van der Waals surface area contributed by atoms with Crippen molar-refractivity contribution in [2.75, 3.05) is 7.11 Å². The molecular weight excluding hydrogens is 384 g/mol. The van der Waals surface area contributed by atoms with E-state index in [-0.39, 0.29) is 12.1 Å². The minimum Gasteiger partial charge on any atom is -0.497 e. The summed E-state index contributed by atoms with van der Waals surface area (Å²) in [6.45, 7) is 0. The lowest BCUT2D eigenvalue weighted by Crippen LogP contribution is -2.30. The third-order valence-electron chi connectivity index (χ3n) is 4.06. The fraction of sp³-hybridized carbons (Fsp3) is 0.150. The van der Waals surface area contributed by atoms with Crippen LogP contribution >= 0.6 is 11.6 Å². The molecule has 1 amide bonds. The number of aliphatic carboxylic acids is 1. The summed E-state index contributed by atoms with van der Waals surface area (Å²) in [5.41, 5.74) is 1.23. The van der Waals surface area contributed by atoms with E-state index in [1.165, 1.54) is 13.2 Å². The predicted octanol–water partition coefficient (Wildman–Crippen LogP) is 3.95. The Morgan fingerprint density at radius 3 is 2.71 bits per heavy atom. The average molecular weight is 401 g/mol. The highest BCUT2D eigenvalue weighted by Crippen LogP contribution is 2.28. The highest BCUT2D eigenvalue weighted by Gasteiger charge is 2.22. The van der Waals surface area contributed by atoms with Crippen molar-refractivity contribution in [1.82, 2.24) is 10.5 Å². The molecule has 0 saturated carbocycles. The number of benzene rings is 2. The second kappa shape index (κ2) is 8.58. The molecule has 1 atom stereocenters. The molecule has 1 unspecified atom stereocenters. The molecule has 3 rings (SSSR count). The minimum atomic E-state index is -1.05. The zero-order chi connectivity index (χ0) is 20.1. The number of carboxylic acids is 1. The molecule has 1 aromatic heterocycles. The molecule has 0 aliphatic heterocycles. The first-order chi connectivity index (χ1) is 13.5. The van der Waals surface area contributed by atoms with Gasteiger partial charge in [-0.25, -0.2) is 0 Å². The first-order valence-corrected chi connectivity index (χ1v) is 8.74. The Morgan fingerprint density at radius 1 is 1.21 bits per heavy atom. The van der Waals surface area contributed by atoms with E-state index in [9.17, 15) is 14.7 Å². The van der Waals surface area contributed by atoms with Crippen LogP contribution in [0.4, 0.5) is 0 Å². The summed E-state index contributed by atoms with van der Waals surface area (Å²) in [4.78, 5) is 23.9. The van der Waals surface area contributed by atoms with Crippen LogP contribution in [0.5, 0.6) is 5.75 Å². The summed E-state index contributed by atoms with van der Waals surface area (Å²) >= 11 is 6.13. The fourth-order valence-electron chi connectivity index (χ4n) is 2.69. The number of amides is 1. The van der Waals surface area contributed by atoms with Crippen LogP contribution in [0, 0.1) is 0 Å².